The van der Waals surface area contributed by atoms with Crippen molar-refractivity contribution in [3.05, 3.63) is 28.2 Å². The fraction of sp³-hybridized carbons (Fsp3) is 0.562. The Labute approximate surface area is 135 Å². The molecule has 0 radical (unpaired) electrons. The number of hydrogen-bond donors (Lipinski definition) is 2. The number of benzene rings is 1. The van der Waals surface area contributed by atoms with Gasteiger partial charge in [0, 0.05) is 28.2 Å². The second-order valence-corrected chi connectivity index (χ2v) is 7.28. The van der Waals surface area contributed by atoms with E-state index in [1.165, 1.54) is 0 Å². The van der Waals surface area contributed by atoms with E-state index in [4.69, 9.17) is 4.74 Å². The lowest BCUT2D eigenvalue weighted by molar-refractivity contribution is -0.123. The molecule has 1 amide bonds. The zero-order chi connectivity index (χ0) is 16.0. The first kappa shape index (κ1) is 18.0. The van der Waals surface area contributed by atoms with Crippen molar-refractivity contribution < 1.29 is 9.53 Å². The van der Waals surface area contributed by atoms with Gasteiger partial charge in [-0.05, 0) is 52.8 Å². The molecule has 0 aromatic heterocycles. The number of hydrogen-bond acceptors (Lipinski definition) is 3. The molecule has 1 aromatic rings. The maximum atomic E-state index is 11.7. The minimum Gasteiger partial charge on any atom is -0.483 e. The average molecular weight is 357 g/mol. The summed E-state index contributed by atoms with van der Waals surface area (Å²) in [5.41, 5.74) is 1.05. The van der Waals surface area contributed by atoms with Gasteiger partial charge in [0.2, 0.25) is 0 Å². The minimum absolute atomic E-state index is 0.0224. The van der Waals surface area contributed by atoms with E-state index in [0.717, 1.165) is 15.8 Å². The lowest BCUT2D eigenvalue weighted by atomic mass is 10.1. The lowest BCUT2D eigenvalue weighted by Crippen LogP contribution is -2.35. The number of amides is 1. The van der Waals surface area contributed by atoms with Crippen molar-refractivity contribution in [1.29, 1.82) is 0 Å². The van der Waals surface area contributed by atoms with Crippen LogP contribution < -0.4 is 15.4 Å². The van der Waals surface area contributed by atoms with Crippen molar-refractivity contribution in [1.82, 2.24) is 10.6 Å². The number of carbonyl (C=O) groups excluding carboxylic acids is 1. The molecule has 0 fully saturated rings. The molecule has 0 unspecified atom stereocenters. The zero-order valence-corrected chi connectivity index (χ0v) is 15.0. The average Bonchev–Trinajstić information content (AvgIpc) is 2.33. The van der Waals surface area contributed by atoms with Crippen LogP contribution in [0.1, 0.15) is 40.2 Å². The third-order valence-corrected chi connectivity index (χ3v) is 3.13. The van der Waals surface area contributed by atoms with E-state index in [0.29, 0.717) is 6.54 Å². The Hall–Kier alpha value is -1.07. The Bertz CT molecular complexity index is 482. The number of ether oxygens (including phenoxy) is 1. The first-order valence-electron chi connectivity index (χ1n) is 7.13. The van der Waals surface area contributed by atoms with E-state index < -0.39 is 0 Å². The molecule has 5 heteroatoms. The fourth-order valence-corrected chi connectivity index (χ4v) is 2.10. The Kier molecular flexibility index (Phi) is 6.68. The standard InChI is InChI=1S/C16H25BrN2O2/c1-11(2)19-15(20)10-21-14-7-6-13(17)8-12(14)9-18-16(3,4)5/h6-8,11,18H,9-10H2,1-5H3,(H,19,20). The summed E-state index contributed by atoms with van der Waals surface area (Å²) in [6.45, 7) is 10.9. The SMILES string of the molecule is CC(C)NC(=O)COc1ccc(Br)cc1CNC(C)(C)C. The molecule has 0 aliphatic rings. The van der Waals surface area contributed by atoms with Crippen molar-refractivity contribution in [2.24, 2.45) is 0 Å². The van der Waals surface area contributed by atoms with Gasteiger partial charge in [-0.1, -0.05) is 15.9 Å². The number of halogens is 1. The summed E-state index contributed by atoms with van der Waals surface area (Å²) < 4.78 is 6.64. The van der Waals surface area contributed by atoms with Gasteiger partial charge < -0.3 is 15.4 Å². The topological polar surface area (TPSA) is 50.4 Å². The molecular formula is C16H25BrN2O2. The molecule has 1 rings (SSSR count). The first-order chi connectivity index (χ1) is 9.67. The Balaban J connectivity index is 2.70. The molecule has 0 bridgehead atoms. The lowest BCUT2D eigenvalue weighted by Gasteiger charge is -2.22. The maximum Gasteiger partial charge on any atom is 0.258 e. The first-order valence-corrected chi connectivity index (χ1v) is 7.92. The Morgan fingerprint density at radius 2 is 2.00 bits per heavy atom. The van der Waals surface area contributed by atoms with Crippen molar-refractivity contribution in [3.63, 3.8) is 0 Å². The zero-order valence-electron chi connectivity index (χ0n) is 13.4. The second kappa shape index (κ2) is 7.80. The number of rotatable bonds is 6. The molecule has 1 aromatic carbocycles. The Morgan fingerprint density at radius 1 is 1.33 bits per heavy atom. The monoisotopic (exact) mass is 356 g/mol. The molecule has 118 valence electrons. The smallest absolute Gasteiger partial charge is 0.258 e. The van der Waals surface area contributed by atoms with Crippen molar-refractivity contribution in [3.8, 4) is 5.75 Å². The highest BCUT2D eigenvalue weighted by atomic mass is 79.9. The minimum atomic E-state index is -0.109. The predicted octanol–water partition coefficient (Wildman–Crippen LogP) is 3.24. The highest BCUT2D eigenvalue weighted by Crippen LogP contribution is 2.23. The Morgan fingerprint density at radius 3 is 2.57 bits per heavy atom. The molecule has 0 saturated heterocycles. The largest absolute Gasteiger partial charge is 0.483 e. The van der Waals surface area contributed by atoms with Crippen LogP contribution >= 0.6 is 15.9 Å². The van der Waals surface area contributed by atoms with Gasteiger partial charge in [0.05, 0.1) is 0 Å². The van der Waals surface area contributed by atoms with Gasteiger partial charge in [-0.25, -0.2) is 0 Å². The van der Waals surface area contributed by atoms with Crippen LogP contribution in [0.2, 0.25) is 0 Å². The highest BCUT2D eigenvalue weighted by Gasteiger charge is 2.12. The molecule has 0 saturated carbocycles. The molecule has 0 heterocycles. The van der Waals surface area contributed by atoms with Crippen LogP contribution in [0.25, 0.3) is 0 Å². The molecule has 0 aliphatic heterocycles. The number of carbonyl (C=O) groups is 1. The van der Waals surface area contributed by atoms with Crippen LogP contribution in [-0.2, 0) is 11.3 Å². The third kappa shape index (κ3) is 7.48. The van der Waals surface area contributed by atoms with Gasteiger partial charge in [-0.2, -0.15) is 0 Å². The van der Waals surface area contributed by atoms with Crippen LogP contribution in [0.4, 0.5) is 0 Å². The van der Waals surface area contributed by atoms with Gasteiger partial charge >= 0.3 is 0 Å². The molecule has 2 N–H and O–H groups in total. The van der Waals surface area contributed by atoms with Crippen molar-refractivity contribution >= 4 is 21.8 Å². The van der Waals surface area contributed by atoms with Crippen molar-refractivity contribution in [2.45, 2.75) is 52.7 Å². The van der Waals surface area contributed by atoms with Crippen LogP contribution in [-0.4, -0.2) is 24.1 Å². The summed E-state index contributed by atoms with van der Waals surface area (Å²) in [7, 11) is 0. The summed E-state index contributed by atoms with van der Waals surface area (Å²) >= 11 is 3.47. The fourth-order valence-electron chi connectivity index (χ4n) is 1.69. The van der Waals surface area contributed by atoms with Crippen LogP contribution in [0.5, 0.6) is 5.75 Å². The van der Waals surface area contributed by atoms with E-state index in [1.54, 1.807) is 0 Å². The summed E-state index contributed by atoms with van der Waals surface area (Å²) in [5.74, 6) is 0.622. The maximum absolute atomic E-state index is 11.7. The predicted molar refractivity (Wildman–Crippen MR) is 89.5 cm³/mol. The molecule has 0 aliphatic carbocycles. The van der Waals surface area contributed by atoms with E-state index in [9.17, 15) is 4.79 Å². The molecule has 0 atom stereocenters. The van der Waals surface area contributed by atoms with Crippen LogP contribution in [0.15, 0.2) is 22.7 Å². The van der Waals surface area contributed by atoms with Gasteiger partial charge in [0.1, 0.15) is 5.75 Å². The van der Waals surface area contributed by atoms with Gasteiger partial charge in [0.25, 0.3) is 5.91 Å². The van der Waals surface area contributed by atoms with Gasteiger partial charge in [-0.15, -0.1) is 0 Å². The van der Waals surface area contributed by atoms with Crippen molar-refractivity contribution in [2.75, 3.05) is 6.61 Å². The van der Waals surface area contributed by atoms with Gasteiger partial charge in [-0.3, -0.25) is 4.79 Å². The summed E-state index contributed by atoms with van der Waals surface area (Å²) in [6, 6.07) is 5.92. The van der Waals surface area contributed by atoms with E-state index in [2.05, 4.69) is 47.3 Å². The quantitative estimate of drug-likeness (QED) is 0.822. The van der Waals surface area contributed by atoms with Crippen LogP contribution in [0.3, 0.4) is 0 Å². The van der Waals surface area contributed by atoms with E-state index in [1.807, 2.05) is 32.0 Å². The molecular weight excluding hydrogens is 332 g/mol. The highest BCUT2D eigenvalue weighted by molar-refractivity contribution is 9.10. The second-order valence-electron chi connectivity index (χ2n) is 6.37. The third-order valence-electron chi connectivity index (χ3n) is 2.64. The van der Waals surface area contributed by atoms with Gasteiger partial charge in [0.15, 0.2) is 6.61 Å². The summed E-state index contributed by atoms with van der Waals surface area (Å²) in [5, 5.41) is 6.24. The van der Waals surface area contributed by atoms with Crippen LogP contribution in [0, 0.1) is 0 Å². The van der Waals surface area contributed by atoms with E-state index in [-0.39, 0.29) is 24.1 Å². The molecule has 0 spiro atoms. The summed E-state index contributed by atoms with van der Waals surface area (Å²) in [6.07, 6.45) is 0. The summed E-state index contributed by atoms with van der Waals surface area (Å²) in [4.78, 5) is 11.7. The molecule has 21 heavy (non-hydrogen) atoms. The normalized spacial score (nSPS) is 11.6. The van der Waals surface area contributed by atoms with E-state index >= 15 is 0 Å². The molecule has 4 nitrogen and oxygen atoms in total. The number of nitrogens with one attached hydrogen (secondary N) is 2.